The zero-order valence-electron chi connectivity index (χ0n) is 18.2. The normalized spacial score (nSPS) is 11.0. The zero-order valence-corrected chi connectivity index (χ0v) is 19.0. The summed E-state index contributed by atoms with van der Waals surface area (Å²) in [6.45, 7) is 1.26. The van der Waals surface area contributed by atoms with Crippen molar-refractivity contribution in [3.63, 3.8) is 0 Å². The van der Waals surface area contributed by atoms with Crippen LogP contribution in [0.2, 0.25) is 5.02 Å². The fourth-order valence-electron chi connectivity index (χ4n) is 3.49. The first kappa shape index (κ1) is 23.5. The van der Waals surface area contributed by atoms with Gasteiger partial charge in [0, 0.05) is 24.3 Å². The Kier molecular flexibility index (Phi) is 7.35. The summed E-state index contributed by atoms with van der Waals surface area (Å²) >= 11 is 6.26. The Labute approximate surface area is 190 Å². The maximum atomic E-state index is 13.2. The molecular weight excluding hydrogens is 440 g/mol. The topological polar surface area (TPSA) is 56.6 Å². The number of rotatable bonds is 8. The largest absolute Gasteiger partial charge is 0.493 e. The Morgan fingerprint density at radius 3 is 2.56 bits per heavy atom. The Morgan fingerprint density at radius 1 is 1.19 bits per heavy atom. The minimum Gasteiger partial charge on any atom is -0.493 e. The van der Waals surface area contributed by atoms with Crippen LogP contribution in [0.1, 0.15) is 32.9 Å². The Morgan fingerprint density at radius 2 is 1.91 bits per heavy atom. The van der Waals surface area contributed by atoms with E-state index in [9.17, 15) is 13.6 Å². The minimum absolute atomic E-state index is 0.0826. The minimum atomic E-state index is -2.98. The number of amides is 1. The van der Waals surface area contributed by atoms with Gasteiger partial charge < -0.3 is 14.4 Å². The Hall–Kier alpha value is -3.13. The van der Waals surface area contributed by atoms with Gasteiger partial charge in [-0.05, 0) is 43.2 Å². The Balaban J connectivity index is 1.80. The number of hydrogen-bond acceptors (Lipinski definition) is 4. The third-order valence-corrected chi connectivity index (χ3v) is 5.45. The molecular formula is C23H24ClF2N3O3. The first-order chi connectivity index (χ1) is 15.2. The monoisotopic (exact) mass is 463 g/mol. The number of aromatic nitrogens is 2. The van der Waals surface area contributed by atoms with Crippen molar-refractivity contribution in [2.45, 2.75) is 33.5 Å². The lowest BCUT2D eigenvalue weighted by atomic mass is 10.1. The molecule has 32 heavy (non-hydrogen) atoms. The van der Waals surface area contributed by atoms with E-state index in [2.05, 4.69) is 9.84 Å². The average Bonchev–Trinajstić information content (AvgIpc) is 3.02. The van der Waals surface area contributed by atoms with Crippen LogP contribution in [0.3, 0.4) is 0 Å². The molecule has 3 rings (SSSR count). The number of aryl methyl sites for hydroxylation is 1. The maximum absolute atomic E-state index is 13.2. The number of alkyl halides is 2. The van der Waals surface area contributed by atoms with Crippen molar-refractivity contribution in [3.8, 4) is 11.5 Å². The smallest absolute Gasteiger partial charge is 0.387 e. The van der Waals surface area contributed by atoms with Gasteiger partial charge in [-0.25, -0.2) is 0 Å². The molecule has 1 heterocycles. The van der Waals surface area contributed by atoms with Crippen LogP contribution < -0.4 is 9.47 Å². The number of methoxy groups -OCH3 is 1. The van der Waals surface area contributed by atoms with E-state index in [4.69, 9.17) is 16.3 Å². The molecule has 0 radical (unpaired) electrons. The summed E-state index contributed by atoms with van der Waals surface area (Å²) in [6, 6.07) is 12.1. The van der Waals surface area contributed by atoms with Crippen molar-refractivity contribution in [1.82, 2.24) is 14.7 Å². The van der Waals surface area contributed by atoms with Gasteiger partial charge in [-0.15, -0.1) is 0 Å². The molecule has 2 aromatic carbocycles. The number of hydrogen-bond donors (Lipinski definition) is 0. The van der Waals surface area contributed by atoms with Gasteiger partial charge in [0.2, 0.25) is 0 Å². The molecule has 0 spiro atoms. The van der Waals surface area contributed by atoms with Gasteiger partial charge in [0.1, 0.15) is 0 Å². The first-order valence-corrected chi connectivity index (χ1v) is 10.2. The van der Waals surface area contributed by atoms with Crippen molar-refractivity contribution in [2.75, 3.05) is 14.2 Å². The summed E-state index contributed by atoms with van der Waals surface area (Å²) in [7, 11) is 3.01. The van der Waals surface area contributed by atoms with Gasteiger partial charge >= 0.3 is 6.61 Å². The molecule has 1 aromatic heterocycles. The molecule has 0 aliphatic heterocycles. The molecule has 170 valence electrons. The standard InChI is InChI=1S/C23H24ClF2N3O3/c1-14-21(15(2)29(27-14)13-17-7-5-6-8-18(17)24)22(30)28(3)12-16-9-10-19(31-4)20(11-16)32-23(25)26/h5-11,23H,12-13H2,1-4H3. The van der Waals surface area contributed by atoms with Crippen LogP contribution in [0.4, 0.5) is 8.78 Å². The lowest BCUT2D eigenvalue weighted by Crippen LogP contribution is -2.27. The second kappa shape index (κ2) is 9.99. The number of carbonyl (C=O) groups excluding carboxylic acids is 1. The van der Waals surface area contributed by atoms with E-state index in [0.29, 0.717) is 28.4 Å². The van der Waals surface area contributed by atoms with Crippen LogP contribution in [-0.4, -0.2) is 41.4 Å². The molecule has 0 aliphatic carbocycles. The van der Waals surface area contributed by atoms with E-state index < -0.39 is 6.61 Å². The average molecular weight is 464 g/mol. The van der Waals surface area contributed by atoms with Crippen molar-refractivity contribution in [2.24, 2.45) is 0 Å². The molecule has 6 nitrogen and oxygen atoms in total. The molecule has 1 amide bonds. The molecule has 3 aromatic rings. The van der Waals surface area contributed by atoms with Crippen LogP contribution in [0, 0.1) is 13.8 Å². The molecule has 0 saturated heterocycles. The fraction of sp³-hybridized carbons (Fsp3) is 0.304. The fourth-order valence-corrected chi connectivity index (χ4v) is 3.69. The molecule has 0 aliphatic rings. The summed E-state index contributed by atoms with van der Waals surface area (Å²) in [5, 5.41) is 5.15. The third-order valence-electron chi connectivity index (χ3n) is 5.08. The van der Waals surface area contributed by atoms with Crippen molar-refractivity contribution >= 4 is 17.5 Å². The molecule has 0 bridgehead atoms. The van der Waals surface area contributed by atoms with Crippen LogP contribution in [-0.2, 0) is 13.1 Å². The van der Waals surface area contributed by atoms with Gasteiger partial charge in [0.15, 0.2) is 11.5 Å². The van der Waals surface area contributed by atoms with Gasteiger partial charge in [-0.1, -0.05) is 35.9 Å². The van der Waals surface area contributed by atoms with E-state index in [1.165, 1.54) is 24.1 Å². The number of benzene rings is 2. The SMILES string of the molecule is COc1ccc(CN(C)C(=O)c2c(C)nn(Cc3ccccc3Cl)c2C)cc1OC(F)F. The van der Waals surface area contributed by atoms with E-state index in [-0.39, 0.29) is 24.0 Å². The van der Waals surface area contributed by atoms with Crippen LogP contribution >= 0.6 is 11.6 Å². The molecule has 9 heteroatoms. The lowest BCUT2D eigenvalue weighted by Gasteiger charge is -2.19. The number of halogens is 3. The summed E-state index contributed by atoms with van der Waals surface area (Å²) in [5.41, 5.74) is 3.34. The van der Waals surface area contributed by atoms with E-state index in [0.717, 1.165) is 11.3 Å². The number of ether oxygens (including phenoxy) is 2. The predicted molar refractivity (Wildman–Crippen MR) is 118 cm³/mol. The summed E-state index contributed by atoms with van der Waals surface area (Å²) < 4.78 is 36.7. The quantitative estimate of drug-likeness (QED) is 0.467. The van der Waals surface area contributed by atoms with Gasteiger partial charge in [-0.3, -0.25) is 9.48 Å². The molecule has 0 saturated carbocycles. The highest BCUT2D eigenvalue weighted by Crippen LogP contribution is 2.30. The third kappa shape index (κ3) is 5.19. The molecule has 0 N–H and O–H groups in total. The zero-order chi connectivity index (χ0) is 23.4. The second-order valence-corrected chi connectivity index (χ2v) is 7.73. The maximum Gasteiger partial charge on any atom is 0.387 e. The van der Waals surface area contributed by atoms with Gasteiger partial charge in [0.05, 0.1) is 24.9 Å². The van der Waals surface area contributed by atoms with Crippen molar-refractivity contribution in [3.05, 3.63) is 75.6 Å². The summed E-state index contributed by atoms with van der Waals surface area (Å²) in [4.78, 5) is 14.7. The predicted octanol–water partition coefficient (Wildman–Crippen LogP) is 5.08. The van der Waals surface area contributed by atoms with Gasteiger partial charge in [0.25, 0.3) is 5.91 Å². The van der Waals surface area contributed by atoms with E-state index >= 15 is 0 Å². The van der Waals surface area contributed by atoms with E-state index in [1.807, 2.05) is 31.2 Å². The van der Waals surface area contributed by atoms with Crippen LogP contribution in [0.25, 0.3) is 0 Å². The van der Waals surface area contributed by atoms with Crippen LogP contribution in [0.5, 0.6) is 11.5 Å². The highest BCUT2D eigenvalue weighted by Gasteiger charge is 2.23. The van der Waals surface area contributed by atoms with E-state index in [1.54, 1.807) is 24.7 Å². The molecule has 0 atom stereocenters. The molecule has 0 fully saturated rings. The van der Waals surface area contributed by atoms with Gasteiger partial charge in [-0.2, -0.15) is 13.9 Å². The molecule has 0 unspecified atom stereocenters. The number of nitrogens with zero attached hydrogens (tertiary/aromatic N) is 3. The second-order valence-electron chi connectivity index (χ2n) is 7.32. The highest BCUT2D eigenvalue weighted by molar-refractivity contribution is 6.31. The Bertz CT molecular complexity index is 1120. The summed E-state index contributed by atoms with van der Waals surface area (Å²) in [5.74, 6) is -0.117. The van der Waals surface area contributed by atoms with Crippen molar-refractivity contribution in [1.29, 1.82) is 0 Å². The highest BCUT2D eigenvalue weighted by atomic mass is 35.5. The number of carbonyl (C=O) groups is 1. The first-order valence-electron chi connectivity index (χ1n) is 9.85. The van der Waals surface area contributed by atoms with Crippen molar-refractivity contribution < 1.29 is 23.0 Å². The lowest BCUT2D eigenvalue weighted by molar-refractivity contribution is -0.0512. The summed E-state index contributed by atoms with van der Waals surface area (Å²) in [6.07, 6.45) is 0. The van der Waals surface area contributed by atoms with Crippen LogP contribution in [0.15, 0.2) is 42.5 Å².